The maximum Gasteiger partial charge on any atom is 0.163 e. The highest BCUT2D eigenvalue weighted by molar-refractivity contribution is 5.55. The van der Waals surface area contributed by atoms with Gasteiger partial charge in [-0.2, -0.15) is 5.26 Å². The van der Waals surface area contributed by atoms with Gasteiger partial charge in [-0.3, -0.25) is 0 Å². The van der Waals surface area contributed by atoms with Gasteiger partial charge in [0.2, 0.25) is 0 Å². The fraction of sp³-hybridized carbons (Fsp3) is 0.562. The molecule has 0 atom stereocenters. The lowest BCUT2D eigenvalue weighted by atomic mass is 9.89. The topological polar surface area (TPSA) is 54.3 Å². The van der Waals surface area contributed by atoms with Crippen molar-refractivity contribution < 1.29 is 9.47 Å². The van der Waals surface area contributed by atoms with Crippen LogP contribution in [0.4, 0.5) is 5.69 Å². The van der Waals surface area contributed by atoms with Gasteiger partial charge in [0.25, 0.3) is 0 Å². The Hall–Kier alpha value is -1.89. The van der Waals surface area contributed by atoms with Gasteiger partial charge >= 0.3 is 0 Å². The van der Waals surface area contributed by atoms with E-state index in [0.29, 0.717) is 13.2 Å². The van der Waals surface area contributed by atoms with Crippen molar-refractivity contribution in [3.63, 3.8) is 0 Å². The first-order chi connectivity index (χ1) is 9.61. The zero-order chi connectivity index (χ0) is 14.4. The van der Waals surface area contributed by atoms with E-state index in [-0.39, 0.29) is 5.41 Å². The standard InChI is InChI=1S/C16H22N2O2/c1-16(2,12-17)7-3-4-8-18-13-5-6-14-15(11-13)20-10-9-19-14/h5-6,11,18H,3-4,7-10H2,1-2H3. The minimum atomic E-state index is -0.211. The molecule has 0 aliphatic carbocycles. The average molecular weight is 274 g/mol. The maximum absolute atomic E-state index is 8.95. The first kappa shape index (κ1) is 14.5. The van der Waals surface area contributed by atoms with E-state index in [2.05, 4.69) is 11.4 Å². The lowest BCUT2D eigenvalue weighted by molar-refractivity contribution is 0.171. The van der Waals surface area contributed by atoms with Crippen LogP contribution in [0.15, 0.2) is 18.2 Å². The van der Waals surface area contributed by atoms with Gasteiger partial charge < -0.3 is 14.8 Å². The second kappa shape index (κ2) is 6.51. The highest BCUT2D eigenvalue weighted by atomic mass is 16.6. The van der Waals surface area contributed by atoms with E-state index in [4.69, 9.17) is 14.7 Å². The molecule has 1 aromatic rings. The van der Waals surface area contributed by atoms with Crippen LogP contribution in [0.3, 0.4) is 0 Å². The summed E-state index contributed by atoms with van der Waals surface area (Å²) in [7, 11) is 0. The van der Waals surface area contributed by atoms with Crippen molar-refractivity contribution in [2.24, 2.45) is 5.41 Å². The Morgan fingerprint density at radius 1 is 1.20 bits per heavy atom. The molecule has 0 spiro atoms. The summed E-state index contributed by atoms with van der Waals surface area (Å²) in [5, 5.41) is 12.3. The molecule has 1 aromatic carbocycles. The third-order valence-electron chi connectivity index (χ3n) is 3.40. The smallest absolute Gasteiger partial charge is 0.163 e. The summed E-state index contributed by atoms with van der Waals surface area (Å²) in [6.45, 7) is 6.11. The van der Waals surface area contributed by atoms with E-state index in [1.807, 2.05) is 32.0 Å². The van der Waals surface area contributed by atoms with Gasteiger partial charge in [-0.05, 0) is 38.8 Å². The number of hydrogen-bond acceptors (Lipinski definition) is 4. The van der Waals surface area contributed by atoms with E-state index in [0.717, 1.165) is 43.0 Å². The quantitative estimate of drug-likeness (QED) is 0.805. The second-order valence-electron chi connectivity index (χ2n) is 5.74. The van der Waals surface area contributed by atoms with Crippen molar-refractivity contribution in [1.29, 1.82) is 5.26 Å². The molecule has 0 saturated heterocycles. The Kier molecular flexibility index (Phi) is 4.73. The lowest BCUT2D eigenvalue weighted by Crippen LogP contribution is -2.15. The molecule has 4 heteroatoms. The average Bonchev–Trinajstić information content (AvgIpc) is 2.46. The van der Waals surface area contributed by atoms with Gasteiger partial charge in [0, 0.05) is 18.3 Å². The van der Waals surface area contributed by atoms with Crippen molar-refractivity contribution in [2.75, 3.05) is 25.1 Å². The summed E-state index contributed by atoms with van der Waals surface area (Å²) >= 11 is 0. The number of ether oxygens (including phenoxy) is 2. The van der Waals surface area contributed by atoms with E-state index >= 15 is 0 Å². The zero-order valence-electron chi connectivity index (χ0n) is 12.2. The largest absolute Gasteiger partial charge is 0.486 e. The number of rotatable bonds is 6. The molecule has 0 unspecified atom stereocenters. The SMILES string of the molecule is CC(C)(C#N)CCCCNc1ccc2c(c1)OCCO2. The monoisotopic (exact) mass is 274 g/mol. The van der Waals surface area contributed by atoms with E-state index in [1.165, 1.54) is 0 Å². The fourth-order valence-electron chi connectivity index (χ4n) is 2.13. The summed E-state index contributed by atoms with van der Waals surface area (Å²) in [4.78, 5) is 0. The van der Waals surface area contributed by atoms with Crippen LogP contribution in [0.25, 0.3) is 0 Å². The van der Waals surface area contributed by atoms with Crippen molar-refractivity contribution in [1.82, 2.24) is 0 Å². The molecule has 1 heterocycles. The number of unbranched alkanes of at least 4 members (excludes halogenated alkanes) is 1. The predicted molar refractivity (Wildman–Crippen MR) is 79.2 cm³/mol. The number of nitriles is 1. The summed E-state index contributed by atoms with van der Waals surface area (Å²) in [6, 6.07) is 8.26. The molecule has 20 heavy (non-hydrogen) atoms. The number of nitrogens with one attached hydrogen (secondary N) is 1. The predicted octanol–water partition coefficient (Wildman–Crippen LogP) is 3.59. The molecular formula is C16H22N2O2. The van der Waals surface area contributed by atoms with Crippen LogP contribution in [0.2, 0.25) is 0 Å². The number of benzene rings is 1. The Morgan fingerprint density at radius 2 is 1.95 bits per heavy atom. The Labute approximate surface area is 120 Å². The van der Waals surface area contributed by atoms with Gasteiger partial charge in [0.05, 0.1) is 11.5 Å². The Morgan fingerprint density at radius 3 is 2.70 bits per heavy atom. The molecule has 0 radical (unpaired) electrons. The van der Waals surface area contributed by atoms with Gasteiger partial charge in [0.1, 0.15) is 13.2 Å². The van der Waals surface area contributed by atoms with Crippen LogP contribution >= 0.6 is 0 Å². The van der Waals surface area contributed by atoms with Gasteiger partial charge in [-0.1, -0.05) is 6.42 Å². The third kappa shape index (κ3) is 4.06. The first-order valence-electron chi connectivity index (χ1n) is 7.15. The molecule has 0 fully saturated rings. The summed E-state index contributed by atoms with van der Waals surface area (Å²) in [6.07, 6.45) is 3.05. The number of fused-ring (bicyclic) bond motifs is 1. The molecule has 1 N–H and O–H groups in total. The minimum Gasteiger partial charge on any atom is -0.486 e. The molecule has 0 saturated carbocycles. The van der Waals surface area contributed by atoms with Gasteiger partial charge in [-0.15, -0.1) is 0 Å². The molecule has 4 nitrogen and oxygen atoms in total. The van der Waals surface area contributed by atoms with Crippen LogP contribution in [0.5, 0.6) is 11.5 Å². The van der Waals surface area contributed by atoms with Crippen LogP contribution in [-0.4, -0.2) is 19.8 Å². The summed E-state index contributed by atoms with van der Waals surface area (Å²) in [5.41, 5.74) is 0.838. The van der Waals surface area contributed by atoms with E-state index in [9.17, 15) is 0 Å². The normalized spacial score (nSPS) is 13.7. The Balaban J connectivity index is 1.74. The number of anilines is 1. The van der Waals surface area contributed by atoms with Gasteiger partial charge in [0.15, 0.2) is 11.5 Å². The zero-order valence-corrected chi connectivity index (χ0v) is 12.2. The van der Waals surface area contributed by atoms with Crippen LogP contribution in [0, 0.1) is 16.7 Å². The maximum atomic E-state index is 8.95. The number of hydrogen-bond donors (Lipinski definition) is 1. The molecule has 1 aliphatic heterocycles. The number of nitrogens with zero attached hydrogens (tertiary/aromatic N) is 1. The molecule has 1 aliphatic rings. The van der Waals surface area contributed by atoms with E-state index < -0.39 is 0 Å². The van der Waals surface area contributed by atoms with Crippen molar-refractivity contribution >= 4 is 5.69 Å². The van der Waals surface area contributed by atoms with Crippen molar-refractivity contribution in [3.05, 3.63) is 18.2 Å². The van der Waals surface area contributed by atoms with Crippen LogP contribution in [0.1, 0.15) is 33.1 Å². The molecule has 108 valence electrons. The summed E-state index contributed by atoms with van der Waals surface area (Å²) < 4.78 is 11.0. The summed E-state index contributed by atoms with van der Waals surface area (Å²) in [5.74, 6) is 1.63. The molecule has 0 bridgehead atoms. The highest BCUT2D eigenvalue weighted by Gasteiger charge is 2.15. The minimum absolute atomic E-state index is 0.211. The fourth-order valence-corrected chi connectivity index (χ4v) is 2.13. The van der Waals surface area contributed by atoms with Crippen molar-refractivity contribution in [3.8, 4) is 17.6 Å². The first-order valence-corrected chi connectivity index (χ1v) is 7.15. The van der Waals surface area contributed by atoms with Crippen LogP contribution < -0.4 is 14.8 Å². The highest BCUT2D eigenvalue weighted by Crippen LogP contribution is 2.32. The second-order valence-corrected chi connectivity index (χ2v) is 5.74. The van der Waals surface area contributed by atoms with Crippen molar-refractivity contribution in [2.45, 2.75) is 33.1 Å². The molecule has 0 aromatic heterocycles. The molecule has 0 amide bonds. The Bertz CT molecular complexity index is 492. The van der Waals surface area contributed by atoms with Crippen LogP contribution in [-0.2, 0) is 0 Å². The molecular weight excluding hydrogens is 252 g/mol. The molecule has 2 rings (SSSR count). The van der Waals surface area contributed by atoms with E-state index in [1.54, 1.807) is 0 Å². The third-order valence-corrected chi connectivity index (χ3v) is 3.40. The van der Waals surface area contributed by atoms with Gasteiger partial charge in [-0.25, -0.2) is 0 Å². The lowest BCUT2D eigenvalue weighted by Gasteiger charge is -2.19.